The Morgan fingerprint density at radius 3 is 3.19 bits per heavy atom. The van der Waals surface area contributed by atoms with Gasteiger partial charge in [0, 0.05) is 30.2 Å². The van der Waals surface area contributed by atoms with Crippen LogP contribution in [0.1, 0.15) is 30.7 Å². The van der Waals surface area contributed by atoms with Crippen LogP contribution in [0.4, 0.5) is 0 Å². The molecular weight excluding hydrogens is 284 g/mol. The standard InChI is InChI=1S/C15H22N4OS/c1-11-10-21-15-17-13(7-14(20)19(11)15)9-18-6-2-3-12(8-18)4-5-16/h7,10,12H,2-6,8-9,16H2,1H3. The molecule has 1 fully saturated rings. The molecule has 5 nitrogen and oxygen atoms in total. The van der Waals surface area contributed by atoms with Crippen molar-refractivity contribution in [3.8, 4) is 0 Å². The molecule has 0 radical (unpaired) electrons. The highest BCUT2D eigenvalue weighted by Crippen LogP contribution is 2.20. The van der Waals surface area contributed by atoms with Crippen molar-refractivity contribution in [2.75, 3.05) is 19.6 Å². The minimum absolute atomic E-state index is 0.0317. The van der Waals surface area contributed by atoms with E-state index in [4.69, 9.17) is 5.73 Å². The predicted octanol–water partition coefficient (Wildman–Crippen LogP) is 1.63. The Balaban J connectivity index is 1.77. The van der Waals surface area contributed by atoms with Crippen molar-refractivity contribution in [1.29, 1.82) is 0 Å². The number of rotatable bonds is 4. The first-order valence-electron chi connectivity index (χ1n) is 7.56. The third-order valence-corrected chi connectivity index (χ3v) is 5.14. The number of nitrogens with zero attached hydrogens (tertiary/aromatic N) is 3. The van der Waals surface area contributed by atoms with Crippen LogP contribution in [-0.2, 0) is 6.54 Å². The third kappa shape index (κ3) is 3.17. The molecule has 1 atom stereocenters. The first-order valence-corrected chi connectivity index (χ1v) is 8.44. The summed E-state index contributed by atoms with van der Waals surface area (Å²) in [6, 6.07) is 1.68. The zero-order valence-electron chi connectivity index (χ0n) is 12.4. The number of piperidine rings is 1. The minimum Gasteiger partial charge on any atom is -0.330 e. The van der Waals surface area contributed by atoms with E-state index in [-0.39, 0.29) is 5.56 Å². The summed E-state index contributed by atoms with van der Waals surface area (Å²) in [7, 11) is 0. The van der Waals surface area contributed by atoms with Gasteiger partial charge in [-0.3, -0.25) is 14.1 Å². The van der Waals surface area contributed by atoms with E-state index in [9.17, 15) is 4.79 Å². The van der Waals surface area contributed by atoms with Crippen LogP contribution < -0.4 is 11.3 Å². The molecular formula is C15H22N4OS. The number of nitrogens with two attached hydrogens (primary N) is 1. The van der Waals surface area contributed by atoms with Crippen LogP contribution in [-0.4, -0.2) is 33.9 Å². The topological polar surface area (TPSA) is 63.6 Å². The van der Waals surface area contributed by atoms with Gasteiger partial charge in [-0.05, 0) is 45.2 Å². The second-order valence-electron chi connectivity index (χ2n) is 5.90. The van der Waals surface area contributed by atoms with E-state index in [1.165, 1.54) is 24.2 Å². The van der Waals surface area contributed by atoms with Gasteiger partial charge in [0.2, 0.25) is 0 Å². The zero-order chi connectivity index (χ0) is 14.8. The number of fused-ring (bicyclic) bond motifs is 1. The molecule has 0 amide bonds. The first kappa shape index (κ1) is 14.7. The van der Waals surface area contributed by atoms with Gasteiger partial charge in [0.1, 0.15) is 0 Å². The van der Waals surface area contributed by atoms with Gasteiger partial charge in [0.25, 0.3) is 5.56 Å². The number of hydrogen-bond donors (Lipinski definition) is 1. The summed E-state index contributed by atoms with van der Waals surface area (Å²) in [6.45, 7) is 5.63. The summed E-state index contributed by atoms with van der Waals surface area (Å²) in [5.74, 6) is 0.692. The van der Waals surface area contributed by atoms with E-state index in [0.717, 1.165) is 48.9 Å². The molecule has 2 N–H and O–H groups in total. The maximum atomic E-state index is 12.2. The number of likely N-dealkylation sites (tertiary alicyclic amines) is 1. The van der Waals surface area contributed by atoms with E-state index in [1.807, 2.05) is 12.3 Å². The van der Waals surface area contributed by atoms with Crippen LogP contribution in [0.5, 0.6) is 0 Å². The van der Waals surface area contributed by atoms with Crippen LogP contribution in [0.25, 0.3) is 4.96 Å². The lowest BCUT2D eigenvalue weighted by Gasteiger charge is -2.32. The lowest BCUT2D eigenvalue weighted by molar-refractivity contribution is 0.161. The molecule has 3 rings (SSSR count). The third-order valence-electron chi connectivity index (χ3n) is 4.19. The van der Waals surface area contributed by atoms with Gasteiger partial charge in [0.15, 0.2) is 4.96 Å². The fraction of sp³-hybridized carbons (Fsp3) is 0.600. The molecule has 0 aliphatic carbocycles. The molecule has 0 aromatic carbocycles. The Morgan fingerprint density at radius 1 is 1.52 bits per heavy atom. The predicted molar refractivity (Wildman–Crippen MR) is 85.7 cm³/mol. The van der Waals surface area contributed by atoms with Crippen molar-refractivity contribution in [2.24, 2.45) is 11.7 Å². The zero-order valence-corrected chi connectivity index (χ0v) is 13.2. The highest BCUT2D eigenvalue weighted by Gasteiger charge is 2.20. The second-order valence-corrected chi connectivity index (χ2v) is 6.74. The van der Waals surface area contributed by atoms with E-state index >= 15 is 0 Å². The Kier molecular flexibility index (Phi) is 4.37. The van der Waals surface area contributed by atoms with Gasteiger partial charge in [-0.15, -0.1) is 11.3 Å². The molecule has 1 aliphatic heterocycles. The molecule has 0 saturated carbocycles. The second kappa shape index (κ2) is 6.25. The van der Waals surface area contributed by atoms with Gasteiger partial charge in [-0.2, -0.15) is 0 Å². The summed E-state index contributed by atoms with van der Waals surface area (Å²) in [4.78, 5) is 20.0. The van der Waals surface area contributed by atoms with Crippen LogP contribution >= 0.6 is 11.3 Å². The minimum atomic E-state index is 0.0317. The molecule has 1 saturated heterocycles. The van der Waals surface area contributed by atoms with Crippen molar-refractivity contribution < 1.29 is 0 Å². The van der Waals surface area contributed by atoms with Crippen LogP contribution in [0.15, 0.2) is 16.2 Å². The monoisotopic (exact) mass is 306 g/mol. The Bertz CT molecular complexity index is 676. The van der Waals surface area contributed by atoms with E-state index in [0.29, 0.717) is 5.92 Å². The molecule has 2 aromatic heterocycles. The molecule has 3 heterocycles. The quantitative estimate of drug-likeness (QED) is 0.932. The van der Waals surface area contributed by atoms with Crippen molar-refractivity contribution in [1.82, 2.24) is 14.3 Å². The number of hydrogen-bond acceptors (Lipinski definition) is 5. The van der Waals surface area contributed by atoms with Crippen LogP contribution in [0, 0.1) is 12.8 Å². The van der Waals surface area contributed by atoms with Crippen LogP contribution in [0.3, 0.4) is 0 Å². The summed E-state index contributed by atoms with van der Waals surface area (Å²) < 4.78 is 1.68. The highest BCUT2D eigenvalue weighted by atomic mass is 32.1. The fourth-order valence-corrected chi connectivity index (χ4v) is 4.07. The molecule has 0 spiro atoms. The van der Waals surface area contributed by atoms with E-state index in [2.05, 4.69) is 9.88 Å². The number of aromatic nitrogens is 2. The van der Waals surface area contributed by atoms with Crippen molar-refractivity contribution in [2.45, 2.75) is 32.7 Å². The summed E-state index contributed by atoms with van der Waals surface area (Å²) >= 11 is 1.53. The smallest absolute Gasteiger partial charge is 0.259 e. The number of aryl methyl sites for hydroxylation is 1. The summed E-state index contributed by atoms with van der Waals surface area (Å²) in [6.07, 6.45) is 3.58. The average molecular weight is 306 g/mol. The van der Waals surface area contributed by atoms with Gasteiger partial charge in [-0.1, -0.05) is 0 Å². The lowest BCUT2D eigenvalue weighted by atomic mass is 9.95. The Morgan fingerprint density at radius 2 is 2.38 bits per heavy atom. The average Bonchev–Trinajstić information content (AvgIpc) is 2.81. The van der Waals surface area contributed by atoms with Crippen LogP contribution in [0.2, 0.25) is 0 Å². The normalized spacial score (nSPS) is 20.2. The molecule has 2 aromatic rings. The maximum Gasteiger partial charge on any atom is 0.259 e. The van der Waals surface area contributed by atoms with Gasteiger partial charge < -0.3 is 5.73 Å². The first-order chi connectivity index (χ1) is 10.2. The molecule has 0 bridgehead atoms. The molecule has 114 valence electrons. The highest BCUT2D eigenvalue weighted by molar-refractivity contribution is 7.15. The lowest BCUT2D eigenvalue weighted by Crippen LogP contribution is -2.36. The fourth-order valence-electron chi connectivity index (χ4n) is 3.18. The maximum absolute atomic E-state index is 12.2. The van der Waals surface area contributed by atoms with Crippen molar-refractivity contribution in [3.63, 3.8) is 0 Å². The molecule has 1 aliphatic rings. The molecule has 1 unspecified atom stereocenters. The van der Waals surface area contributed by atoms with Crippen molar-refractivity contribution >= 4 is 16.3 Å². The number of thiazole rings is 1. The van der Waals surface area contributed by atoms with Gasteiger partial charge >= 0.3 is 0 Å². The SMILES string of the molecule is Cc1csc2nc(CN3CCCC(CCN)C3)cc(=O)n12. The molecule has 6 heteroatoms. The van der Waals surface area contributed by atoms with Gasteiger partial charge in [0.05, 0.1) is 5.69 Å². The van der Waals surface area contributed by atoms with Crippen molar-refractivity contribution in [3.05, 3.63) is 33.2 Å². The van der Waals surface area contributed by atoms with E-state index in [1.54, 1.807) is 10.5 Å². The largest absolute Gasteiger partial charge is 0.330 e. The van der Waals surface area contributed by atoms with E-state index < -0.39 is 0 Å². The summed E-state index contributed by atoms with van der Waals surface area (Å²) in [5.41, 5.74) is 7.54. The molecule has 21 heavy (non-hydrogen) atoms. The Hall–Kier alpha value is -1.24. The van der Waals surface area contributed by atoms with Gasteiger partial charge in [-0.25, -0.2) is 4.98 Å². The Labute approximate surface area is 128 Å². The summed E-state index contributed by atoms with van der Waals surface area (Å²) in [5, 5.41) is 1.98.